The quantitative estimate of drug-likeness (QED) is 0.906. The Morgan fingerprint density at radius 3 is 2.00 bits per heavy atom. The van der Waals surface area contributed by atoms with Crippen LogP contribution in [-0.2, 0) is 13.1 Å². The minimum atomic E-state index is 1.07. The molecule has 3 heteroatoms. The Hall–Kier alpha value is -1.58. The summed E-state index contributed by atoms with van der Waals surface area (Å²) in [5, 5.41) is 0. The second kappa shape index (κ2) is 6.04. The summed E-state index contributed by atoms with van der Waals surface area (Å²) in [7, 11) is 0. The van der Waals surface area contributed by atoms with Crippen LogP contribution in [0, 0.1) is 0 Å². The van der Waals surface area contributed by atoms with Crippen LogP contribution >= 0.6 is 0 Å². The first-order valence-corrected chi connectivity index (χ1v) is 7.00. The maximum absolute atomic E-state index is 3.12. The number of nitrogens with one attached hydrogen (secondary N) is 1. The van der Waals surface area contributed by atoms with Crippen LogP contribution < -0.4 is 0 Å². The van der Waals surface area contributed by atoms with Crippen LogP contribution in [0.2, 0.25) is 0 Å². The molecule has 19 heavy (non-hydrogen) atoms. The van der Waals surface area contributed by atoms with Gasteiger partial charge in [-0.2, -0.15) is 0 Å². The molecule has 0 amide bonds. The first-order chi connectivity index (χ1) is 9.40. The second-order valence-corrected chi connectivity index (χ2v) is 5.26. The molecule has 0 aliphatic carbocycles. The topological polar surface area (TPSA) is 22.3 Å². The number of aromatic amines is 1. The molecular weight excluding hydrogens is 234 g/mol. The van der Waals surface area contributed by atoms with Gasteiger partial charge in [-0.3, -0.25) is 9.80 Å². The van der Waals surface area contributed by atoms with Gasteiger partial charge in [0.2, 0.25) is 0 Å². The van der Waals surface area contributed by atoms with E-state index in [0.717, 1.165) is 26.2 Å². The summed E-state index contributed by atoms with van der Waals surface area (Å²) < 4.78 is 0. The summed E-state index contributed by atoms with van der Waals surface area (Å²) in [6, 6.07) is 12.9. The smallest absolute Gasteiger partial charge is 0.0249 e. The van der Waals surface area contributed by atoms with Gasteiger partial charge in [-0.05, 0) is 17.2 Å². The number of hydrogen-bond acceptors (Lipinski definition) is 2. The van der Waals surface area contributed by atoms with Crippen molar-refractivity contribution in [2.24, 2.45) is 0 Å². The van der Waals surface area contributed by atoms with Crippen molar-refractivity contribution in [2.45, 2.75) is 13.1 Å². The minimum Gasteiger partial charge on any atom is -0.367 e. The highest BCUT2D eigenvalue weighted by Gasteiger charge is 2.16. The summed E-state index contributed by atoms with van der Waals surface area (Å²) in [4.78, 5) is 8.20. The van der Waals surface area contributed by atoms with Gasteiger partial charge in [-0.1, -0.05) is 30.3 Å². The van der Waals surface area contributed by atoms with Gasteiger partial charge in [-0.15, -0.1) is 0 Å². The van der Waals surface area contributed by atoms with E-state index in [1.807, 2.05) is 6.20 Å². The molecule has 1 aromatic heterocycles. The van der Waals surface area contributed by atoms with Crippen molar-refractivity contribution in [3.8, 4) is 0 Å². The summed E-state index contributed by atoms with van der Waals surface area (Å²) in [5.41, 5.74) is 2.80. The van der Waals surface area contributed by atoms with E-state index in [4.69, 9.17) is 0 Å². The molecular formula is C16H21N3. The Labute approximate surface area is 114 Å². The third-order valence-electron chi connectivity index (χ3n) is 3.78. The zero-order valence-corrected chi connectivity index (χ0v) is 11.3. The lowest BCUT2D eigenvalue weighted by Gasteiger charge is -2.34. The number of piperazine rings is 1. The van der Waals surface area contributed by atoms with Crippen molar-refractivity contribution in [3.05, 3.63) is 59.9 Å². The summed E-state index contributed by atoms with van der Waals surface area (Å²) in [6.45, 7) is 6.82. The Morgan fingerprint density at radius 1 is 0.789 bits per heavy atom. The van der Waals surface area contributed by atoms with Gasteiger partial charge >= 0.3 is 0 Å². The third kappa shape index (κ3) is 3.46. The maximum Gasteiger partial charge on any atom is 0.0249 e. The predicted octanol–water partition coefficient (Wildman–Crippen LogP) is 2.33. The Bertz CT molecular complexity index is 470. The zero-order valence-electron chi connectivity index (χ0n) is 11.3. The van der Waals surface area contributed by atoms with Gasteiger partial charge in [-0.25, -0.2) is 0 Å². The lowest BCUT2D eigenvalue weighted by atomic mass is 10.2. The van der Waals surface area contributed by atoms with E-state index in [1.54, 1.807) is 0 Å². The van der Waals surface area contributed by atoms with Gasteiger partial charge < -0.3 is 4.98 Å². The molecule has 1 saturated heterocycles. The molecule has 3 rings (SSSR count). The molecule has 1 aliphatic rings. The molecule has 2 heterocycles. The average Bonchev–Trinajstić information content (AvgIpc) is 2.95. The highest BCUT2D eigenvalue weighted by molar-refractivity contribution is 5.14. The predicted molar refractivity (Wildman–Crippen MR) is 77.8 cm³/mol. The molecule has 1 N–H and O–H groups in total. The first-order valence-electron chi connectivity index (χ1n) is 7.00. The van der Waals surface area contributed by atoms with E-state index in [1.165, 1.54) is 24.2 Å². The number of H-pyrrole nitrogens is 1. The molecule has 0 bridgehead atoms. The van der Waals surface area contributed by atoms with Crippen molar-refractivity contribution in [3.63, 3.8) is 0 Å². The van der Waals surface area contributed by atoms with E-state index in [9.17, 15) is 0 Å². The minimum absolute atomic E-state index is 1.07. The number of hydrogen-bond donors (Lipinski definition) is 1. The highest BCUT2D eigenvalue weighted by Crippen LogP contribution is 2.10. The van der Waals surface area contributed by atoms with Crippen LogP contribution in [0.1, 0.15) is 11.1 Å². The molecule has 0 atom stereocenters. The molecule has 100 valence electrons. The van der Waals surface area contributed by atoms with Gasteiger partial charge in [0.25, 0.3) is 0 Å². The van der Waals surface area contributed by atoms with Crippen molar-refractivity contribution in [1.82, 2.24) is 14.8 Å². The number of rotatable bonds is 4. The zero-order chi connectivity index (χ0) is 12.9. The van der Waals surface area contributed by atoms with Crippen LogP contribution in [0.4, 0.5) is 0 Å². The fourth-order valence-corrected chi connectivity index (χ4v) is 2.66. The molecule has 2 aromatic rings. The third-order valence-corrected chi connectivity index (χ3v) is 3.78. The molecule has 3 nitrogen and oxygen atoms in total. The van der Waals surface area contributed by atoms with E-state index in [2.05, 4.69) is 57.4 Å². The lowest BCUT2D eigenvalue weighted by Crippen LogP contribution is -2.45. The normalized spacial score (nSPS) is 17.7. The van der Waals surface area contributed by atoms with Crippen LogP contribution in [0.25, 0.3) is 0 Å². The largest absolute Gasteiger partial charge is 0.367 e. The molecule has 0 unspecified atom stereocenters. The summed E-state index contributed by atoms with van der Waals surface area (Å²) in [5.74, 6) is 0. The van der Waals surface area contributed by atoms with Crippen LogP contribution in [0.5, 0.6) is 0 Å². The highest BCUT2D eigenvalue weighted by atomic mass is 15.3. The summed E-state index contributed by atoms with van der Waals surface area (Å²) in [6.07, 6.45) is 4.09. The van der Waals surface area contributed by atoms with Crippen molar-refractivity contribution in [2.75, 3.05) is 26.2 Å². The molecule has 1 aromatic carbocycles. The van der Waals surface area contributed by atoms with Crippen LogP contribution in [0.3, 0.4) is 0 Å². The van der Waals surface area contributed by atoms with E-state index >= 15 is 0 Å². The Morgan fingerprint density at radius 2 is 1.42 bits per heavy atom. The fraction of sp³-hybridized carbons (Fsp3) is 0.375. The monoisotopic (exact) mass is 255 g/mol. The van der Waals surface area contributed by atoms with Gasteiger partial charge in [0.05, 0.1) is 0 Å². The average molecular weight is 255 g/mol. The maximum atomic E-state index is 3.12. The fourth-order valence-electron chi connectivity index (χ4n) is 2.66. The Kier molecular flexibility index (Phi) is 3.96. The molecule has 0 spiro atoms. The number of benzene rings is 1. The molecule has 0 radical (unpaired) electrons. The van der Waals surface area contributed by atoms with Crippen molar-refractivity contribution >= 4 is 0 Å². The van der Waals surface area contributed by atoms with Crippen molar-refractivity contribution in [1.29, 1.82) is 0 Å². The molecule has 1 aliphatic heterocycles. The Balaban J connectivity index is 1.47. The number of aromatic nitrogens is 1. The lowest BCUT2D eigenvalue weighted by molar-refractivity contribution is 0.122. The van der Waals surface area contributed by atoms with Gasteiger partial charge in [0, 0.05) is 51.7 Å². The summed E-state index contributed by atoms with van der Waals surface area (Å²) >= 11 is 0. The first kappa shape index (κ1) is 12.5. The van der Waals surface area contributed by atoms with Gasteiger partial charge in [0.15, 0.2) is 0 Å². The van der Waals surface area contributed by atoms with Crippen molar-refractivity contribution < 1.29 is 0 Å². The SMILES string of the molecule is c1ccc(CN2CCN(Cc3cc[nH]c3)CC2)cc1. The molecule has 1 fully saturated rings. The van der Waals surface area contributed by atoms with E-state index < -0.39 is 0 Å². The van der Waals surface area contributed by atoms with Gasteiger partial charge in [0.1, 0.15) is 0 Å². The van der Waals surface area contributed by atoms with Crippen LogP contribution in [0.15, 0.2) is 48.8 Å². The van der Waals surface area contributed by atoms with E-state index in [-0.39, 0.29) is 0 Å². The number of nitrogens with zero attached hydrogens (tertiary/aromatic N) is 2. The van der Waals surface area contributed by atoms with Crippen LogP contribution in [-0.4, -0.2) is 41.0 Å². The second-order valence-electron chi connectivity index (χ2n) is 5.26. The molecule has 0 saturated carbocycles. The van der Waals surface area contributed by atoms with E-state index in [0.29, 0.717) is 0 Å². The standard InChI is InChI=1S/C16H21N3/c1-2-4-15(5-3-1)13-18-8-10-19(11-9-18)14-16-6-7-17-12-16/h1-7,12,17H,8-11,13-14H2.